The Bertz CT molecular complexity index is 893. The number of hydrogen-bond donors (Lipinski definition) is 1. The van der Waals surface area contributed by atoms with Crippen molar-refractivity contribution in [2.24, 2.45) is 0 Å². The van der Waals surface area contributed by atoms with Crippen LogP contribution in [-0.2, 0) is 13.2 Å². The first-order chi connectivity index (χ1) is 12.5. The van der Waals surface area contributed by atoms with Crippen LogP contribution in [0.25, 0.3) is 0 Å². The van der Waals surface area contributed by atoms with Gasteiger partial charge in [-0.05, 0) is 66.9 Å². The lowest BCUT2D eigenvalue weighted by atomic mass is 10.1. The summed E-state index contributed by atoms with van der Waals surface area (Å²) < 4.78 is 20.0. The van der Waals surface area contributed by atoms with Gasteiger partial charge in [0.1, 0.15) is 18.2 Å². The van der Waals surface area contributed by atoms with E-state index in [1.165, 1.54) is 23.3 Å². The monoisotopic (exact) mass is 413 g/mol. The third-order valence-electron chi connectivity index (χ3n) is 4.40. The second-order valence-electron chi connectivity index (χ2n) is 6.27. The van der Waals surface area contributed by atoms with Gasteiger partial charge in [0.15, 0.2) is 0 Å². The van der Waals surface area contributed by atoms with Crippen molar-refractivity contribution in [3.63, 3.8) is 0 Å². The fourth-order valence-corrected chi connectivity index (χ4v) is 3.11. The van der Waals surface area contributed by atoms with Crippen LogP contribution in [0.3, 0.4) is 0 Å². The number of hydrogen-bond acceptors (Lipinski definition) is 2. The molecule has 0 aliphatic heterocycles. The number of halogens is 2. The normalized spacial score (nSPS) is 10.6. The number of aryl methyl sites for hydroxylation is 1. The molecular formula is C22H21BrFNO. The van der Waals surface area contributed by atoms with Crippen LogP contribution in [0.5, 0.6) is 5.75 Å². The van der Waals surface area contributed by atoms with Gasteiger partial charge < -0.3 is 10.1 Å². The molecule has 0 saturated carbocycles. The summed E-state index contributed by atoms with van der Waals surface area (Å²) in [5.74, 6) is 0.575. The molecule has 0 saturated heterocycles. The second kappa shape index (κ2) is 8.37. The summed E-state index contributed by atoms with van der Waals surface area (Å²) in [6.07, 6.45) is 0. The molecule has 0 aliphatic carbocycles. The van der Waals surface area contributed by atoms with Crippen LogP contribution in [0.15, 0.2) is 65.1 Å². The Morgan fingerprint density at radius 3 is 2.54 bits per heavy atom. The van der Waals surface area contributed by atoms with Gasteiger partial charge in [-0.3, -0.25) is 0 Å². The van der Waals surface area contributed by atoms with Gasteiger partial charge in [0, 0.05) is 22.3 Å². The van der Waals surface area contributed by atoms with Crippen molar-refractivity contribution in [1.29, 1.82) is 0 Å². The predicted octanol–water partition coefficient (Wildman–Crippen LogP) is 6.40. The molecule has 0 aliphatic rings. The lowest BCUT2D eigenvalue weighted by Gasteiger charge is -2.15. The van der Waals surface area contributed by atoms with Crippen molar-refractivity contribution in [3.05, 3.63) is 93.2 Å². The standard InChI is InChI=1S/C22H21BrFNO/c1-15-4-3-5-21(16(15)2)25-13-18-12-19(23)8-11-22(18)26-14-17-6-9-20(24)10-7-17/h3-12,25H,13-14H2,1-2H3. The van der Waals surface area contributed by atoms with E-state index in [-0.39, 0.29) is 5.82 Å². The Morgan fingerprint density at radius 2 is 1.77 bits per heavy atom. The fourth-order valence-electron chi connectivity index (χ4n) is 2.70. The minimum atomic E-state index is -0.240. The van der Waals surface area contributed by atoms with Crippen LogP contribution in [0.2, 0.25) is 0 Å². The average Bonchev–Trinajstić information content (AvgIpc) is 2.63. The van der Waals surface area contributed by atoms with E-state index in [9.17, 15) is 4.39 Å². The van der Waals surface area contributed by atoms with E-state index >= 15 is 0 Å². The maximum Gasteiger partial charge on any atom is 0.124 e. The predicted molar refractivity (Wildman–Crippen MR) is 108 cm³/mol. The summed E-state index contributed by atoms with van der Waals surface area (Å²) in [5, 5.41) is 3.49. The molecule has 0 heterocycles. The van der Waals surface area contributed by atoms with Crippen molar-refractivity contribution in [1.82, 2.24) is 0 Å². The minimum Gasteiger partial charge on any atom is -0.489 e. The van der Waals surface area contributed by atoms with E-state index < -0.39 is 0 Å². The molecule has 3 aromatic rings. The Hall–Kier alpha value is -2.33. The summed E-state index contributed by atoms with van der Waals surface area (Å²) in [6, 6.07) is 18.6. The number of ether oxygens (including phenoxy) is 1. The number of anilines is 1. The number of benzene rings is 3. The van der Waals surface area contributed by atoms with Gasteiger partial charge in [-0.25, -0.2) is 4.39 Å². The zero-order valence-corrected chi connectivity index (χ0v) is 16.4. The molecule has 26 heavy (non-hydrogen) atoms. The molecule has 3 rings (SSSR count). The molecule has 0 atom stereocenters. The minimum absolute atomic E-state index is 0.240. The van der Waals surface area contributed by atoms with Crippen molar-refractivity contribution in [2.45, 2.75) is 27.0 Å². The molecule has 0 unspecified atom stereocenters. The van der Waals surface area contributed by atoms with E-state index in [1.807, 2.05) is 12.1 Å². The molecule has 0 aromatic heterocycles. The van der Waals surface area contributed by atoms with Crippen LogP contribution >= 0.6 is 15.9 Å². The van der Waals surface area contributed by atoms with E-state index in [0.717, 1.165) is 27.0 Å². The maximum absolute atomic E-state index is 13.0. The highest BCUT2D eigenvalue weighted by molar-refractivity contribution is 9.10. The molecule has 1 N–H and O–H groups in total. The summed E-state index contributed by atoms with van der Waals surface area (Å²) in [7, 11) is 0. The van der Waals surface area contributed by atoms with Crippen molar-refractivity contribution in [2.75, 3.05) is 5.32 Å². The lowest BCUT2D eigenvalue weighted by Crippen LogP contribution is -2.05. The zero-order valence-electron chi connectivity index (χ0n) is 14.9. The first kappa shape index (κ1) is 18.5. The van der Waals surface area contributed by atoms with E-state index in [2.05, 4.69) is 59.4 Å². The molecule has 2 nitrogen and oxygen atoms in total. The smallest absolute Gasteiger partial charge is 0.124 e. The van der Waals surface area contributed by atoms with Gasteiger partial charge in [0.05, 0.1) is 0 Å². The average molecular weight is 414 g/mol. The highest BCUT2D eigenvalue weighted by Crippen LogP contribution is 2.26. The van der Waals surface area contributed by atoms with Gasteiger partial charge in [-0.1, -0.05) is 40.2 Å². The summed E-state index contributed by atoms with van der Waals surface area (Å²) >= 11 is 3.53. The van der Waals surface area contributed by atoms with Gasteiger partial charge in [0.2, 0.25) is 0 Å². The topological polar surface area (TPSA) is 21.3 Å². The SMILES string of the molecule is Cc1cccc(NCc2cc(Br)ccc2OCc2ccc(F)cc2)c1C. The van der Waals surface area contributed by atoms with Crippen LogP contribution in [0, 0.1) is 19.7 Å². The molecule has 0 fully saturated rings. The highest BCUT2D eigenvalue weighted by Gasteiger charge is 2.07. The second-order valence-corrected chi connectivity index (χ2v) is 7.18. The van der Waals surface area contributed by atoms with E-state index in [1.54, 1.807) is 12.1 Å². The number of rotatable bonds is 6. The molecule has 0 amide bonds. The number of nitrogens with one attached hydrogen (secondary N) is 1. The van der Waals surface area contributed by atoms with Crippen LogP contribution in [0.4, 0.5) is 10.1 Å². The quantitative estimate of drug-likeness (QED) is 0.504. The Morgan fingerprint density at radius 1 is 1.00 bits per heavy atom. The van der Waals surface area contributed by atoms with E-state index in [4.69, 9.17) is 4.74 Å². The molecule has 134 valence electrons. The third kappa shape index (κ3) is 4.64. The van der Waals surface area contributed by atoms with Gasteiger partial charge in [0.25, 0.3) is 0 Å². The fraction of sp³-hybridized carbons (Fsp3) is 0.182. The van der Waals surface area contributed by atoms with E-state index in [0.29, 0.717) is 13.2 Å². The van der Waals surface area contributed by atoms with Crippen molar-refractivity contribution < 1.29 is 9.13 Å². The van der Waals surface area contributed by atoms with Crippen LogP contribution in [-0.4, -0.2) is 0 Å². The Kier molecular flexibility index (Phi) is 5.94. The van der Waals surface area contributed by atoms with Crippen LogP contribution < -0.4 is 10.1 Å². The maximum atomic E-state index is 13.0. The van der Waals surface area contributed by atoms with Gasteiger partial charge in [-0.2, -0.15) is 0 Å². The summed E-state index contributed by atoms with van der Waals surface area (Å²) in [6.45, 7) is 5.28. The van der Waals surface area contributed by atoms with Crippen molar-refractivity contribution in [3.8, 4) is 5.75 Å². The van der Waals surface area contributed by atoms with Gasteiger partial charge >= 0.3 is 0 Å². The largest absolute Gasteiger partial charge is 0.489 e. The molecular weight excluding hydrogens is 393 g/mol. The summed E-state index contributed by atoms with van der Waals surface area (Å²) in [4.78, 5) is 0. The molecule has 0 bridgehead atoms. The Balaban J connectivity index is 1.73. The lowest BCUT2D eigenvalue weighted by molar-refractivity contribution is 0.303. The van der Waals surface area contributed by atoms with Crippen molar-refractivity contribution >= 4 is 21.6 Å². The van der Waals surface area contributed by atoms with Gasteiger partial charge in [-0.15, -0.1) is 0 Å². The van der Waals surface area contributed by atoms with Crippen LogP contribution in [0.1, 0.15) is 22.3 Å². The summed E-state index contributed by atoms with van der Waals surface area (Å²) in [5.41, 5.74) is 5.62. The zero-order chi connectivity index (χ0) is 18.5. The highest BCUT2D eigenvalue weighted by atomic mass is 79.9. The first-order valence-electron chi connectivity index (χ1n) is 8.48. The molecule has 4 heteroatoms. The Labute approximate surface area is 162 Å². The first-order valence-corrected chi connectivity index (χ1v) is 9.28. The molecule has 3 aromatic carbocycles. The third-order valence-corrected chi connectivity index (χ3v) is 4.90. The molecule has 0 spiro atoms. The molecule has 0 radical (unpaired) electrons.